The van der Waals surface area contributed by atoms with Crippen molar-refractivity contribution in [1.82, 2.24) is 0 Å². The van der Waals surface area contributed by atoms with Gasteiger partial charge in [-0.1, -0.05) is 51.5 Å². The van der Waals surface area contributed by atoms with E-state index in [-0.39, 0.29) is 23.4 Å². The highest BCUT2D eigenvalue weighted by Crippen LogP contribution is 2.61. The van der Waals surface area contributed by atoms with E-state index in [0.717, 1.165) is 44.1 Å². The van der Waals surface area contributed by atoms with E-state index >= 15 is 0 Å². The first kappa shape index (κ1) is 25.9. The average molecular weight is 449 g/mol. The van der Waals surface area contributed by atoms with Crippen LogP contribution < -0.4 is 0 Å². The third-order valence-electron chi connectivity index (χ3n) is 9.68. The molecule has 3 fully saturated rings. The molecule has 0 aliphatic heterocycles. The first-order valence-corrected chi connectivity index (χ1v) is 13.0. The summed E-state index contributed by atoms with van der Waals surface area (Å²) in [6, 6.07) is 0. The minimum absolute atomic E-state index is 0.00803. The van der Waals surface area contributed by atoms with Crippen molar-refractivity contribution in [3.63, 3.8) is 0 Å². The molecule has 3 saturated carbocycles. The Kier molecular flexibility index (Phi) is 7.72. The summed E-state index contributed by atoms with van der Waals surface area (Å²) in [6.07, 6.45) is 12.1. The van der Waals surface area contributed by atoms with E-state index < -0.39 is 17.3 Å². The van der Waals surface area contributed by atoms with Crippen molar-refractivity contribution < 1.29 is 20.4 Å². The molecular weight excluding hydrogens is 400 g/mol. The van der Waals surface area contributed by atoms with Gasteiger partial charge in [-0.2, -0.15) is 0 Å². The van der Waals surface area contributed by atoms with E-state index in [1.807, 2.05) is 19.9 Å². The Hall–Kier alpha value is -0.680. The maximum atomic E-state index is 11.9. The summed E-state index contributed by atoms with van der Waals surface area (Å²) in [5, 5.41) is 43.5. The number of allylic oxidation sites excluding steroid dienone is 1. The molecule has 9 atom stereocenters. The molecule has 3 aliphatic rings. The van der Waals surface area contributed by atoms with Gasteiger partial charge in [0.2, 0.25) is 0 Å². The normalized spacial score (nSPS) is 42.8. The lowest BCUT2D eigenvalue weighted by Gasteiger charge is -2.52. The van der Waals surface area contributed by atoms with Crippen LogP contribution in [-0.2, 0) is 0 Å². The van der Waals surface area contributed by atoms with E-state index in [1.54, 1.807) is 0 Å². The third kappa shape index (κ3) is 5.04. The Morgan fingerprint density at radius 2 is 1.75 bits per heavy atom. The van der Waals surface area contributed by atoms with E-state index in [4.69, 9.17) is 0 Å². The molecule has 3 rings (SSSR count). The number of hydrogen-bond donors (Lipinski definition) is 4. The van der Waals surface area contributed by atoms with Gasteiger partial charge in [-0.05, 0) is 94.3 Å². The van der Waals surface area contributed by atoms with Crippen LogP contribution in [0.5, 0.6) is 0 Å². The second kappa shape index (κ2) is 9.52. The van der Waals surface area contributed by atoms with Gasteiger partial charge in [-0.15, -0.1) is 0 Å². The van der Waals surface area contributed by atoms with Gasteiger partial charge < -0.3 is 20.4 Å². The summed E-state index contributed by atoms with van der Waals surface area (Å²) in [5.41, 5.74) is -0.735. The summed E-state index contributed by atoms with van der Waals surface area (Å²) in [5.74, 6) is 1.33. The van der Waals surface area contributed by atoms with E-state index in [0.29, 0.717) is 30.6 Å². The van der Waals surface area contributed by atoms with E-state index in [9.17, 15) is 20.4 Å². The first-order valence-electron chi connectivity index (χ1n) is 13.0. The van der Waals surface area contributed by atoms with Crippen LogP contribution >= 0.6 is 0 Å². The number of rotatable bonds is 6. The van der Waals surface area contributed by atoms with Gasteiger partial charge in [0, 0.05) is 5.92 Å². The van der Waals surface area contributed by atoms with Gasteiger partial charge in [0.25, 0.3) is 0 Å². The van der Waals surface area contributed by atoms with Crippen molar-refractivity contribution in [1.29, 1.82) is 0 Å². The number of fused-ring (bicyclic) bond motifs is 1. The summed E-state index contributed by atoms with van der Waals surface area (Å²) >= 11 is 0. The lowest BCUT2D eigenvalue weighted by molar-refractivity contribution is -0.156. The molecule has 0 heterocycles. The number of hydrogen-bond acceptors (Lipinski definition) is 4. The smallest absolute Gasteiger partial charge is 0.101 e. The Morgan fingerprint density at radius 3 is 2.41 bits per heavy atom. The molecule has 0 radical (unpaired) electrons. The molecule has 0 saturated heterocycles. The topological polar surface area (TPSA) is 80.9 Å². The predicted octanol–water partition coefficient (Wildman–Crippen LogP) is 5.00. The second-order valence-corrected chi connectivity index (χ2v) is 12.3. The highest BCUT2D eigenvalue weighted by molar-refractivity contribution is 5.19. The van der Waals surface area contributed by atoms with Crippen LogP contribution in [0.4, 0.5) is 0 Å². The molecular formula is C28H48O4. The first-order chi connectivity index (χ1) is 14.8. The molecule has 4 nitrogen and oxygen atoms in total. The van der Waals surface area contributed by atoms with Gasteiger partial charge in [0.1, 0.15) is 6.10 Å². The van der Waals surface area contributed by atoms with Gasteiger partial charge >= 0.3 is 0 Å². The zero-order valence-corrected chi connectivity index (χ0v) is 21.2. The SMILES string of the molecule is CC1CC[C@H](O)C/C1=C/C(O)C1(O)CCC[C@]2(C)[C@@H]([C@H](C)/C=C/[C@H](C)C(C)(C)O)CC[C@@H]12. The largest absolute Gasteiger partial charge is 0.393 e. The zero-order chi connectivity index (χ0) is 23.9. The monoisotopic (exact) mass is 448 g/mol. The van der Waals surface area contributed by atoms with Crippen LogP contribution in [0.1, 0.15) is 92.9 Å². The lowest BCUT2D eigenvalue weighted by atomic mass is 9.56. The van der Waals surface area contributed by atoms with Crippen LogP contribution in [0.2, 0.25) is 0 Å². The number of aliphatic hydroxyl groups is 4. The van der Waals surface area contributed by atoms with Crippen LogP contribution in [0.25, 0.3) is 0 Å². The summed E-state index contributed by atoms with van der Waals surface area (Å²) in [7, 11) is 0. The van der Waals surface area contributed by atoms with Gasteiger partial charge in [0.15, 0.2) is 0 Å². The molecule has 4 N–H and O–H groups in total. The maximum absolute atomic E-state index is 11.9. The molecule has 0 aromatic carbocycles. The van der Waals surface area contributed by atoms with Gasteiger partial charge in [0.05, 0.1) is 17.3 Å². The molecule has 32 heavy (non-hydrogen) atoms. The molecule has 0 amide bonds. The van der Waals surface area contributed by atoms with Crippen molar-refractivity contribution in [3.05, 3.63) is 23.8 Å². The Morgan fingerprint density at radius 1 is 1.06 bits per heavy atom. The van der Waals surface area contributed by atoms with Crippen molar-refractivity contribution in [3.8, 4) is 0 Å². The molecule has 4 heteroatoms. The quantitative estimate of drug-likeness (QED) is 0.431. The highest BCUT2D eigenvalue weighted by atomic mass is 16.3. The lowest BCUT2D eigenvalue weighted by Crippen LogP contribution is -2.56. The summed E-state index contributed by atoms with van der Waals surface area (Å²) in [4.78, 5) is 0. The zero-order valence-electron chi connectivity index (χ0n) is 21.2. The average Bonchev–Trinajstić information content (AvgIpc) is 3.06. The van der Waals surface area contributed by atoms with Crippen molar-refractivity contribution in [2.24, 2.45) is 35.0 Å². The van der Waals surface area contributed by atoms with Gasteiger partial charge in [-0.3, -0.25) is 0 Å². The van der Waals surface area contributed by atoms with Crippen LogP contribution in [0.3, 0.4) is 0 Å². The standard InChI is InChI=1S/C28H48O4/c1-18-9-11-22(29)16-21(18)17-25(30)28(32)15-7-14-27(6)23(12-13-24(27)28)19(2)8-10-20(3)26(4,5)31/h8,10,17-20,22-25,29-32H,7,9,11-16H2,1-6H3/b10-8+,21-17-/t18?,19-,20+,22+,23-,24-,25?,27-,28?/m1/s1. The Bertz CT molecular complexity index is 707. The fraction of sp³-hybridized carbons (Fsp3) is 0.857. The maximum Gasteiger partial charge on any atom is 0.101 e. The fourth-order valence-electron chi connectivity index (χ4n) is 7.08. The molecule has 0 aromatic heterocycles. The number of aliphatic hydroxyl groups excluding tert-OH is 2. The third-order valence-corrected chi connectivity index (χ3v) is 9.68. The molecule has 184 valence electrons. The minimum atomic E-state index is -1.10. The fourth-order valence-corrected chi connectivity index (χ4v) is 7.08. The highest BCUT2D eigenvalue weighted by Gasteiger charge is 2.59. The Labute approximate surface area is 195 Å². The van der Waals surface area contributed by atoms with Crippen LogP contribution in [-0.4, -0.2) is 43.8 Å². The molecule has 0 bridgehead atoms. The molecule has 3 unspecified atom stereocenters. The van der Waals surface area contributed by atoms with E-state index in [1.165, 1.54) is 0 Å². The van der Waals surface area contributed by atoms with Crippen molar-refractivity contribution in [2.75, 3.05) is 0 Å². The summed E-state index contributed by atoms with van der Waals surface area (Å²) < 4.78 is 0. The van der Waals surface area contributed by atoms with E-state index in [2.05, 4.69) is 39.8 Å². The minimum Gasteiger partial charge on any atom is -0.393 e. The predicted molar refractivity (Wildman–Crippen MR) is 130 cm³/mol. The molecule has 0 spiro atoms. The Balaban J connectivity index is 1.79. The molecule has 0 aromatic rings. The molecule has 3 aliphatic carbocycles. The van der Waals surface area contributed by atoms with Crippen molar-refractivity contribution in [2.45, 2.75) is 116 Å². The van der Waals surface area contributed by atoms with Gasteiger partial charge in [-0.25, -0.2) is 0 Å². The van der Waals surface area contributed by atoms with Crippen LogP contribution in [0.15, 0.2) is 23.8 Å². The summed E-state index contributed by atoms with van der Waals surface area (Å²) in [6.45, 7) is 12.5. The van der Waals surface area contributed by atoms with Crippen molar-refractivity contribution >= 4 is 0 Å². The van der Waals surface area contributed by atoms with Crippen LogP contribution in [0, 0.1) is 35.0 Å². The second-order valence-electron chi connectivity index (χ2n) is 12.3.